The molecule has 0 amide bonds. The van der Waals surface area contributed by atoms with Crippen LogP contribution in [0.3, 0.4) is 0 Å². The molecule has 0 aliphatic rings. The molecule has 0 atom stereocenters. The first-order valence-electron chi connectivity index (χ1n) is 8.04. The monoisotopic (exact) mass is 359 g/mol. The van der Waals surface area contributed by atoms with Crippen LogP contribution in [0.1, 0.15) is 27.7 Å². The summed E-state index contributed by atoms with van der Waals surface area (Å²) in [4.78, 5) is 0.309. The third-order valence-corrected chi connectivity index (χ3v) is 5.62. The highest BCUT2D eigenvalue weighted by atomic mass is 32.2. The van der Waals surface area contributed by atoms with E-state index in [-0.39, 0.29) is 0 Å². The van der Waals surface area contributed by atoms with Crippen LogP contribution in [0.15, 0.2) is 53.4 Å². The van der Waals surface area contributed by atoms with Crippen LogP contribution in [-0.4, -0.2) is 38.5 Å². The molecule has 133 valence electrons. The molecule has 0 spiro atoms. The lowest BCUT2D eigenvalue weighted by molar-refractivity contribution is -0.0893. The number of benzene rings is 2. The van der Waals surface area contributed by atoms with E-state index in [0.717, 1.165) is 16.6 Å². The van der Waals surface area contributed by atoms with Gasteiger partial charge in [-0.15, -0.1) is 0 Å². The molecule has 2 aromatic carbocycles. The van der Waals surface area contributed by atoms with Crippen molar-refractivity contribution < 1.29 is 18.2 Å². The second-order valence-electron chi connectivity index (χ2n) is 7.22. The number of sulfone groups is 1. The van der Waals surface area contributed by atoms with Crippen molar-refractivity contribution in [1.29, 1.82) is 0 Å². The molecule has 0 saturated carbocycles. The zero-order valence-corrected chi connectivity index (χ0v) is 16.1. The van der Waals surface area contributed by atoms with Gasteiger partial charge in [-0.05, 0) is 51.0 Å². The topological polar surface area (TPSA) is 63.6 Å². The van der Waals surface area contributed by atoms with E-state index in [2.05, 4.69) is 0 Å². The fraction of sp³-hybridized carbons (Fsp3) is 0.368. The van der Waals surface area contributed by atoms with Crippen LogP contribution in [0, 0.1) is 0 Å². The molecule has 0 heterocycles. The Morgan fingerprint density at radius 1 is 0.880 bits per heavy atom. The van der Waals surface area contributed by atoms with Gasteiger partial charge in [0.2, 0.25) is 0 Å². The Bertz CT molecular complexity index is 817. The predicted octanol–water partition coefficient (Wildman–Crippen LogP) is 2.57. The molecule has 4 nitrogen and oxygen atoms in total. The smallest absolute Gasteiger partial charge is 0.330 e. The summed E-state index contributed by atoms with van der Waals surface area (Å²) in [6.07, 6.45) is 1.20. The number of hydrogen-bond donors (Lipinski definition) is 1. The molecule has 6 heteroatoms. The fourth-order valence-corrected chi connectivity index (χ4v) is 2.64. The third-order valence-electron chi connectivity index (χ3n) is 4.49. The molecular weight excluding hydrogens is 335 g/mol. The van der Waals surface area contributed by atoms with Gasteiger partial charge in [-0.25, -0.2) is 8.42 Å². The summed E-state index contributed by atoms with van der Waals surface area (Å²) in [5, 5.41) is 10.1. The summed E-state index contributed by atoms with van der Waals surface area (Å²) >= 11 is 0. The Morgan fingerprint density at radius 3 is 1.72 bits per heavy atom. The minimum Gasteiger partial charge on any atom is -0.427 e. The third kappa shape index (κ3) is 4.94. The van der Waals surface area contributed by atoms with E-state index in [1.54, 1.807) is 45.6 Å². The van der Waals surface area contributed by atoms with Gasteiger partial charge < -0.3 is 9.76 Å². The van der Waals surface area contributed by atoms with Crippen molar-refractivity contribution in [3.05, 3.63) is 48.5 Å². The maximum atomic E-state index is 11.5. The first-order chi connectivity index (χ1) is 11.4. The maximum Gasteiger partial charge on any atom is 0.330 e. The Labute approximate surface area is 151 Å². The molecule has 0 saturated heterocycles. The quantitative estimate of drug-likeness (QED) is 0.806. The van der Waals surface area contributed by atoms with Gasteiger partial charge in [0, 0.05) is 6.26 Å². The van der Waals surface area contributed by atoms with Crippen molar-refractivity contribution in [3.63, 3.8) is 0 Å². The van der Waals surface area contributed by atoms with Gasteiger partial charge in [0.05, 0.1) is 16.1 Å². The SMILES string of the molecule is CC(C)(O)C(C)(C)O[B]c1ccc(-c2ccc(S(C)(=O)=O)cc2)cc1. The van der Waals surface area contributed by atoms with Crippen LogP contribution in [0.2, 0.25) is 0 Å². The standard InChI is InChI=1S/C19H24BO4S/c1-18(2,21)19(3,4)24-20-16-10-6-14(7-11-16)15-8-12-17(13-9-15)25(5,22)23/h6-13,21H,1-5H3. The predicted molar refractivity (Wildman–Crippen MR) is 102 cm³/mol. The molecule has 0 aliphatic heterocycles. The maximum absolute atomic E-state index is 11.5. The van der Waals surface area contributed by atoms with Gasteiger partial charge in [-0.3, -0.25) is 0 Å². The minimum absolute atomic E-state index is 0.309. The molecular formula is C19H24BO4S. The van der Waals surface area contributed by atoms with E-state index in [9.17, 15) is 13.5 Å². The van der Waals surface area contributed by atoms with Crippen molar-refractivity contribution >= 4 is 22.8 Å². The average Bonchev–Trinajstić information content (AvgIpc) is 2.52. The fourth-order valence-electron chi connectivity index (χ4n) is 2.01. The van der Waals surface area contributed by atoms with Gasteiger partial charge in [0.1, 0.15) is 0 Å². The molecule has 1 radical (unpaired) electrons. The van der Waals surface area contributed by atoms with Gasteiger partial charge in [-0.1, -0.05) is 41.9 Å². The van der Waals surface area contributed by atoms with Crippen LogP contribution < -0.4 is 5.46 Å². The van der Waals surface area contributed by atoms with Crippen molar-refractivity contribution in [2.45, 2.75) is 43.8 Å². The molecule has 25 heavy (non-hydrogen) atoms. The molecule has 1 N–H and O–H groups in total. The molecule has 0 unspecified atom stereocenters. The lowest BCUT2D eigenvalue weighted by atomic mass is 9.82. The van der Waals surface area contributed by atoms with E-state index < -0.39 is 21.0 Å². The first kappa shape index (κ1) is 19.7. The number of aliphatic hydroxyl groups is 1. The van der Waals surface area contributed by atoms with Crippen molar-refractivity contribution in [2.24, 2.45) is 0 Å². The number of rotatable bonds is 6. The van der Waals surface area contributed by atoms with Gasteiger partial charge >= 0.3 is 7.48 Å². The van der Waals surface area contributed by atoms with Gasteiger partial charge in [-0.2, -0.15) is 0 Å². The minimum atomic E-state index is -3.18. The largest absolute Gasteiger partial charge is 0.427 e. The van der Waals surface area contributed by atoms with Gasteiger partial charge in [0.25, 0.3) is 0 Å². The van der Waals surface area contributed by atoms with E-state index in [0.29, 0.717) is 4.90 Å². The molecule has 0 fully saturated rings. The summed E-state index contributed by atoms with van der Waals surface area (Å²) in [6, 6.07) is 14.5. The molecule has 2 aromatic rings. The Hall–Kier alpha value is -1.63. The molecule has 0 bridgehead atoms. The molecule has 0 aliphatic carbocycles. The molecule has 2 rings (SSSR count). The van der Waals surface area contributed by atoms with Crippen molar-refractivity contribution in [2.75, 3.05) is 6.26 Å². The zero-order chi connectivity index (χ0) is 18.9. The Kier molecular flexibility index (Phi) is 5.47. The Balaban J connectivity index is 2.10. The summed E-state index contributed by atoms with van der Waals surface area (Å²) < 4.78 is 28.8. The highest BCUT2D eigenvalue weighted by molar-refractivity contribution is 7.90. The van der Waals surface area contributed by atoms with E-state index >= 15 is 0 Å². The molecule has 0 aromatic heterocycles. The van der Waals surface area contributed by atoms with Crippen LogP contribution in [-0.2, 0) is 14.5 Å². The Morgan fingerprint density at radius 2 is 1.32 bits per heavy atom. The average molecular weight is 359 g/mol. The van der Waals surface area contributed by atoms with Crippen molar-refractivity contribution in [1.82, 2.24) is 0 Å². The zero-order valence-electron chi connectivity index (χ0n) is 15.3. The highest BCUT2D eigenvalue weighted by Crippen LogP contribution is 2.24. The van der Waals surface area contributed by atoms with Crippen LogP contribution in [0.4, 0.5) is 0 Å². The van der Waals surface area contributed by atoms with Crippen LogP contribution >= 0.6 is 0 Å². The van der Waals surface area contributed by atoms with Crippen LogP contribution in [0.5, 0.6) is 0 Å². The summed E-state index contributed by atoms with van der Waals surface area (Å²) in [5.74, 6) is 0. The summed E-state index contributed by atoms with van der Waals surface area (Å²) in [5.41, 5.74) is 1.13. The van der Waals surface area contributed by atoms with Gasteiger partial charge in [0.15, 0.2) is 9.84 Å². The normalized spacial score (nSPS) is 12.9. The van der Waals surface area contributed by atoms with Crippen LogP contribution in [0.25, 0.3) is 11.1 Å². The van der Waals surface area contributed by atoms with Crippen molar-refractivity contribution in [3.8, 4) is 11.1 Å². The second-order valence-corrected chi connectivity index (χ2v) is 9.24. The lowest BCUT2D eigenvalue weighted by Gasteiger charge is -2.37. The van der Waals surface area contributed by atoms with E-state index in [1.807, 2.05) is 38.1 Å². The second kappa shape index (κ2) is 6.94. The summed E-state index contributed by atoms with van der Waals surface area (Å²) in [7, 11) is -1.55. The highest BCUT2D eigenvalue weighted by Gasteiger charge is 2.35. The van der Waals surface area contributed by atoms with E-state index in [1.165, 1.54) is 6.26 Å². The lowest BCUT2D eigenvalue weighted by Crippen LogP contribution is -2.49. The summed E-state index contributed by atoms with van der Waals surface area (Å²) in [6.45, 7) is 7.09. The number of hydrogen-bond acceptors (Lipinski definition) is 4. The first-order valence-corrected chi connectivity index (χ1v) is 9.93. The van der Waals surface area contributed by atoms with E-state index in [4.69, 9.17) is 4.65 Å².